The Bertz CT molecular complexity index is 1000. The largest absolute Gasteiger partial charge is 0.490 e. The minimum Gasteiger partial charge on any atom is -0.475 e. The van der Waals surface area contributed by atoms with Crippen molar-refractivity contribution in [2.75, 3.05) is 20.3 Å². The molecule has 1 unspecified atom stereocenters. The van der Waals surface area contributed by atoms with Crippen molar-refractivity contribution in [2.24, 2.45) is 5.92 Å². The molecule has 10 nitrogen and oxygen atoms in total. The number of carboxylic acid groups (broad SMARTS) is 2. The minimum absolute atomic E-state index is 0.347. The third-order valence-electron chi connectivity index (χ3n) is 5.22. The van der Waals surface area contributed by atoms with E-state index in [1.165, 1.54) is 24.1 Å². The molecule has 0 saturated heterocycles. The molecule has 16 heteroatoms. The van der Waals surface area contributed by atoms with Gasteiger partial charge in [0.1, 0.15) is 5.69 Å². The molecule has 0 bridgehead atoms. The van der Waals surface area contributed by atoms with E-state index in [0.717, 1.165) is 44.4 Å². The molecule has 2 N–H and O–H groups in total. The molecule has 4 rings (SSSR count). The Morgan fingerprint density at radius 2 is 1.59 bits per heavy atom. The van der Waals surface area contributed by atoms with Crippen LogP contribution in [0, 0.1) is 5.92 Å². The van der Waals surface area contributed by atoms with Crippen molar-refractivity contribution in [2.45, 2.75) is 50.7 Å². The maximum Gasteiger partial charge on any atom is 0.490 e. The monoisotopic (exact) mass is 541 g/mol. The first-order valence-electron chi connectivity index (χ1n) is 10.8. The summed E-state index contributed by atoms with van der Waals surface area (Å²) in [5.41, 5.74) is 3.70. The van der Waals surface area contributed by atoms with Gasteiger partial charge in [0.05, 0.1) is 12.3 Å². The molecular formula is C21H25F6N5O5. The number of hydrogen-bond donors (Lipinski definition) is 2. The number of hydrogen-bond acceptors (Lipinski definition) is 7. The Morgan fingerprint density at radius 1 is 1.05 bits per heavy atom. The van der Waals surface area contributed by atoms with E-state index in [2.05, 4.69) is 37.0 Å². The topological polar surface area (TPSA) is 131 Å². The summed E-state index contributed by atoms with van der Waals surface area (Å²) in [7, 11) is 1.77. The van der Waals surface area contributed by atoms with Crippen LogP contribution < -0.4 is 0 Å². The number of fused-ring (bicyclic) bond motifs is 1. The number of methoxy groups -OCH3 is 1. The van der Waals surface area contributed by atoms with Gasteiger partial charge in [-0.15, -0.1) is 5.10 Å². The number of alkyl halides is 6. The average molecular weight is 541 g/mol. The van der Waals surface area contributed by atoms with E-state index in [1.54, 1.807) is 7.11 Å². The number of halogens is 6. The molecule has 3 heterocycles. The van der Waals surface area contributed by atoms with E-state index in [9.17, 15) is 26.3 Å². The number of nitrogens with zero attached hydrogens (tertiary/aromatic N) is 5. The molecule has 0 aromatic carbocycles. The molecule has 2 aromatic heterocycles. The number of pyridine rings is 1. The van der Waals surface area contributed by atoms with E-state index < -0.39 is 24.3 Å². The van der Waals surface area contributed by atoms with Crippen molar-refractivity contribution in [3.8, 4) is 0 Å². The van der Waals surface area contributed by atoms with E-state index in [4.69, 9.17) is 24.5 Å². The third kappa shape index (κ3) is 9.95. The zero-order valence-corrected chi connectivity index (χ0v) is 19.5. The van der Waals surface area contributed by atoms with Crippen LogP contribution in [0.4, 0.5) is 26.3 Å². The lowest BCUT2D eigenvalue weighted by molar-refractivity contribution is -0.193. The molecule has 1 aliphatic heterocycles. The Morgan fingerprint density at radius 3 is 2.05 bits per heavy atom. The molecule has 1 atom stereocenters. The van der Waals surface area contributed by atoms with Gasteiger partial charge in [-0.3, -0.25) is 9.88 Å². The summed E-state index contributed by atoms with van der Waals surface area (Å²) in [5, 5.41) is 23.1. The molecule has 1 saturated carbocycles. The van der Waals surface area contributed by atoms with Crippen molar-refractivity contribution in [3.05, 3.63) is 41.5 Å². The molecule has 0 radical (unpaired) electrons. The number of carbonyl (C=O) groups is 2. The van der Waals surface area contributed by atoms with Gasteiger partial charge < -0.3 is 14.9 Å². The van der Waals surface area contributed by atoms with Crippen LogP contribution in [0.25, 0.3) is 0 Å². The lowest BCUT2D eigenvalue weighted by Gasteiger charge is -2.32. The highest BCUT2D eigenvalue weighted by molar-refractivity contribution is 5.73. The Kier molecular flexibility index (Phi) is 10.4. The van der Waals surface area contributed by atoms with Gasteiger partial charge in [0.2, 0.25) is 0 Å². The third-order valence-corrected chi connectivity index (χ3v) is 5.22. The number of aromatic nitrogens is 4. The second-order valence-electron chi connectivity index (χ2n) is 8.33. The summed E-state index contributed by atoms with van der Waals surface area (Å²) in [4.78, 5) is 24.3. The summed E-state index contributed by atoms with van der Waals surface area (Å²) in [5.74, 6) is -4.36. The fourth-order valence-corrected chi connectivity index (χ4v) is 3.47. The lowest BCUT2D eigenvalue weighted by atomic mass is 9.98. The van der Waals surface area contributed by atoms with E-state index in [0.29, 0.717) is 5.92 Å². The fraction of sp³-hybridized carbons (Fsp3) is 0.571. The van der Waals surface area contributed by atoms with Gasteiger partial charge >= 0.3 is 24.3 Å². The summed E-state index contributed by atoms with van der Waals surface area (Å²) >= 11 is 0. The van der Waals surface area contributed by atoms with Crippen LogP contribution in [0.1, 0.15) is 35.7 Å². The van der Waals surface area contributed by atoms with Gasteiger partial charge in [-0.2, -0.15) is 26.3 Å². The van der Waals surface area contributed by atoms with Gasteiger partial charge in [0.15, 0.2) is 0 Å². The average Bonchev–Trinajstić information content (AvgIpc) is 3.52. The lowest BCUT2D eigenvalue weighted by Crippen LogP contribution is -2.36. The number of carboxylic acids is 2. The summed E-state index contributed by atoms with van der Waals surface area (Å²) in [6, 6.07) is 4.15. The van der Waals surface area contributed by atoms with E-state index in [1.807, 2.05) is 12.4 Å². The minimum atomic E-state index is -5.08. The van der Waals surface area contributed by atoms with Crippen LogP contribution in [0.15, 0.2) is 24.5 Å². The highest BCUT2D eigenvalue weighted by Gasteiger charge is 2.39. The van der Waals surface area contributed by atoms with Gasteiger partial charge in [0, 0.05) is 51.6 Å². The molecule has 0 amide bonds. The first-order valence-corrected chi connectivity index (χ1v) is 10.8. The van der Waals surface area contributed by atoms with Crippen molar-refractivity contribution in [1.82, 2.24) is 24.9 Å². The van der Waals surface area contributed by atoms with Crippen LogP contribution in [0.2, 0.25) is 0 Å². The Hall–Kier alpha value is -3.27. The first kappa shape index (κ1) is 30.0. The van der Waals surface area contributed by atoms with Crippen LogP contribution in [-0.4, -0.2) is 79.6 Å². The van der Waals surface area contributed by atoms with Gasteiger partial charge in [-0.05, 0) is 36.5 Å². The molecule has 1 fully saturated rings. The summed E-state index contributed by atoms with van der Waals surface area (Å²) in [6.45, 7) is 4.51. The van der Waals surface area contributed by atoms with Crippen molar-refractivity contribution >= 4 is 11.9 Å². The zero-order valence-electron chi connectivity index (χ0n) is 19.5. The Labute approximate surface area is 206 Å². The predicted octanol–water partition coefficient (Wildman–Crippen LogP) is 3.10. The number of rotatable bonds is 6. The molecule has 0 spiro atoms. The standard InChI is InChI=1S/C17H23N5O.2C2HF3O2/c1-23-12-15-10-21(8-14-4-6-18-7-5-14)11-16-17(15)22(20-19-16)9-13-2-3-13;2*3-2(4,5)1(6)7/h4-7,13,15H,2-3,8-12H2,1H3;2*(H,6,7). The molecule has 37 heavy (non-hydrogen) atoms. The summed E-state index contributed by atoms with van der Waals surface area (Å²) in [6.07, 6.45) is -3.80. The molecular weight excluding hydrogens is 516 g/mol. The second-order valence-corrected chi connectivity index (χ2v) is 8.33. The van der Waals surface area contributed by atoms with Crippen molar-refractivity contribution in [1.29, 1.82) is 0 Å². The van der Waals surface area contributed by atoms with Crippen LogP contribution >= 0.6 is 0 Å². The van der Waals surface area contributed by atoms with Crippen LogP contribution in [0.5, 0.6) is 0 Å². The SMILES string of the molecule is COCC1CN(Cc2ccncc2)Cc2nnn(CC3CC3)c21.O=C(O)C(F)(F)F.O=C(O)C(F)(F)F. The second kappa shape index (κ2) is 12.8. The summed E-state index contributed by atoms with van der Waals surface area (Å²) < 4.78 is 71.1. The van der Waals surface area contributed by atoms with Crippen LogP contribution in [-0.2, 0) is 34.0 Å². The molecule has 206 valence electrons. The van der Waals surface area contributed by atoms with Crippen molar-refractivity contribution < 1.29 is 50.9 Å². The fourth-order valence-electron chi connectivity index (χ4n) is 3.47. The first-order chi connectivity index (χ1) is 17.2. The van der Waals surface area contributed by atoms with Gasteiger partial charge in [-0.25, -0.2) is 14.3 Å². The molecule has 2 aliphatic rings. The predicted molar refractivity (Wildman–Crippen MR) is 113 cm³/mol. The van der Waals surface area contributed by atoms with E-state index in [-0.39, 0.29) is 0 Å². The smallest absolute Gasteiger partial charge is 0.475 e. The highest BCUT2D eigenvalue weighted by atomic mass is 19.4. The normalized spacial score (nSPS) is 17.5. The molecule has 1 aliphatic carbocycles. The molecule has 2 aromatic rings. The quantitative estimate of drug-likeness (QED) is 0.530. The van der Waals surface area contributed by atoms with Gasteiger partial charge in [0.25, 0.3) is 0 Å². The van der Waals surface area contributed by atoms with Crippen molar-refractivity contribution in [3.63, 3.8) is 0 Å². The maximum absolute atomic E-state index is 10.6. The highest BCUT2D eigenvalue weighted by Crippen LogP contribution is 2.34. The van der Waals surface area contributed by atoms with Crippen LogP contribution in [0.3, 0.4) is 0 Å². The van der Waals surface area contributed by atoms with E-state index >= 15 is 0 Å². The zero-order chi connectivity index (χ0) is 27.8. The van der Waals surface area contributed by atoms with Gasteiger partial charge in [-0.1, -0.05) is 5.21 Å². The maximum atomic E-state index is 10.6. The number of ether oxygens (including phenoxy) is 1. The Balaban J connectivity index is 0.000000286. The number of aliphatic carboxylic acids is 2.